The average molecular weight is 267 g/mol. The van der Waals surface area contributed by atoms with Crippen LogP contribution in [0.1, 0.15) is 6.92 Å². The van der Waals surface area contributed by atoms with Gasteiger partial charge in [-0.05, 0) is 25.1 Å². The van der Waals surface area contributed by atoms with Crippen molar-refractivity contribution in [2.24, 2.45) is 0 Å². The summed E-state index contributed by atoms with van der Waals surface area (Å²) in [6.07, 6.45) is 0. The van der Waals surface area contributed by atoms with Gasteiger partial charge in [0, 0.05) is 18.3 Å². The number of ether oxygens (including phenoxy) is 1. The van der Waals surface area contributed by atoms with Gasteiger partial charge in [-0.3, -0.25) is 9.69 Å². The van der Waals surface area contributed by atoms with Gasteiger partial charge in [0.25, 0.3) is 0 Å². The smallest absolute Gasteiger partial charge is 0.238 e. The lowest BCUT2D eigenvalue weighted by Crippen LogP contribution is -2.47. The van der Waals surface area contributed by atoms with E-state index in [9.17, 15) is 9.18 Å². The number of benzene rings is 1. The molecule has 1 saturated heterocycles. The summed E-state index contributed by atoms with van der Waals surface area (Å²) in [7, 11) is 0. The number of nitrogen functional groups attached to an aromatic ring is 1. The highest BCUT2D eigenvalue weighted by atomic mass is 19.1. The SMILES string of the molecule is CC1COCCN1CC(=O)Nc1ccc(F)c(N)c1. The maximum atomic E-state index is 13.0. The molecule has 0 aromatic heterocycles. The fraction of sp³-hybridized carbons (Fsp3) is 0.462. The van der Waals surface area contributed by atoms with Crippen LogP contribution in [0.2, 0.25) is 0 Å². The molecule has 1 unspecified atom stereocenters. The van der Waals surface area contributed by atoms with Gasteiger partial charge in [0.1, 0.15) is 5.82 Å². The van der Waals surface area contributed by atoms with E-state index in [1.165, 1.54) is 18.2 Å². The number of rotatable bonds is 3. The van der Waals surface area contributed by atoms with Crippen LogP contribution in [0, 0.1) is 5.82 Å². The molecule has 0 saturated carbocycles. The summed E-state index contributed by atoms with van der Waals surface area (Å²) in [5.74, 6) is -0.625. The second-order valence-electron chi connectivity index (χ2n) is 4.68. The van der Waals surface area contributed by atoms with Crippen molar-refractivity contribution in [2.45, 2.75) is 13.0 Å². The molecule has 1 atom stereocenters. The predicted molar refractivity (Wildman–Crippen MR) is 71.3 cm³/mol. The Labute approximate surface area is 111 Å². The number of anilines is 2. The Balaban J connectivity index is 1.91. The van der Waals surface area contributed by atoms with E-state index >= 15 is 0 Å². The number of nitrogens with two attached hydrogens (primary N) is 1. The molecule has 19 heavy (non-hydrogen) atoms. The zero-order valence-electron chi connectivity index (χ0n) is 10.9. The number of carbonyl (C=O) groups is 1. The number of carbonyl (C=O) groups excluding carboxylic acids is 1. The van der Waals surface area contributed by atoms with E-state index in [0.29, 0.717) is 25.4 Å². The van der Waals surface area contributed by atoms with Gasteiger partial charge in [-0.2, -0.15) is 0 Å². The summed E-state index contributed by atoms with van der Waals surface area (Å²) in [6.45, 7) is 4.32. The minimum absolute atomic E-state index is 0.0255. The van der Waals surface area contributed by atoms with Crippen molar-refractivity contribution in [1.29, 1.82) is 0 Å². The van der Waals surface area contributed by atoms with Crippen LogP contribution in [-0.4, -0.2) is 43.2 Å². The molecule has 1 aliphatic rings. The molecule has 6 heteroatoms. The lowest BCUT2D eigenvalue weighted by Gasteiger charge is -2.32. The molecule has 1 fully saturated rings. The van der Waals surface area contributed by atoms with Crippen LogP contribution in [-0.2, 0) is 9.53 Å². The van der Waals surface area contributed by atoms with Crippen LogP contribution in [0.5, 0.6) is 0 Å². The highest BCUT2D eigenvalue weighted by molar-refractivity contribution is 5.92. The second kappa shape index (κ2) is 5.99. The lowest BCUT2D eigenvalue weighted by atomic mass is 10.2. The van der Waals surface area contributed by atoms with Gasteiger partial charge in [-0.1, -0.05) is 0 Å². The standard InChI is InChI=1S/C13H18FN3O2/c1-9-8-19-5-4-17(9)7-13(18)16-10-2-3-11(14)12(15)6-10/h2-3,6,9H,4-5,7-8,15H2,1H3,(H,16,18). The van der Waals surface area contributed by atoms with E-state index < -0.39 is 5.82 Å². The summed E-state index contributed by atoms with van der Waals surface area (Å²) in [5, 5.41) is 2.71. The van der Waals surface area contributed by atoms with E-state index in [0.717, 1.165) is 6.54 Å². The Bertz CT molecular complexity index is 467. The van der Waals surface area contributed by atoms with Crippen LogP contribution < -0.4 is 11.1 Å². The average Bonchev–Trinajstić information content (AvgIpc) is 2.37. The van der Waals surface area contributed by atoms with E-state index in [1.54, 1.807) is 0 Å². The first-order valence-corrected chi connectivity index (χ1v) is 6.23. The van der Waals surface area contributed by atoms with E-state index in [2.05, 4.69) is 5.32 Å². The quantitative estimate of drug-likeness (QED) is 0.804. The minimum atomic E-state index is -0.486. The molecule has 3 N–H and O–H groups in total. The first kappa shape index (κ1) is 13.8. The molecule has 1 heterocycles. The number of morpholine rings is 1. The largest absolute Gasteiger partial charge is 0.396 e. The van der Waals surface area contributed by atoms with Gasteiger partial charge < -0.3 is 15.8 Å². The van der Waals surface area contributed by atoms with Crippen molar-refractivity contribution >= 4 is 17.3 Å². The number of hydrogen-bond donors (Lipinski definition) is 2. The Kier molecular flexibility index (Phi) is 4.34. The van der Waals surface area contributed by atoms with Crippen LogP contribution in [0.15, 0.2) is 18.2 Å². The number of nitrogens with one attached hydrogen (secondary N) is 1. The Morgan fingerprint density at radius 1 is 1.63 bits per heavy atom. The van der Waals surface area contributed by atoms with Crippen molar-refractivity contribution in [1.82, 2.24) is 4.90 Å². The van der Waals surface area contributed by atoms with Crippen molar-refractivity contribution in [2.75, 3.05) is 37.4 Å². The molecule has 1 aromatic carbocycles. The van der Waals surface area contributed by atoms with Gasteiger partial charge in [-0.25, -0.2) is 4.39 Å². The van der Waals surface area contributed by atoms with Crippen molar-refractivity contribution in [3.05, 3.63) is 24.0 Å². The molecule has 0 spiro atoms. The summed E-state index contributed by atoms with van der Waals surface area (Å²) in [4.78, 5) is 13.9. The van der Waals surface area contributed by atoms with E-state index in [-0.39, 0.29) is 17.6 Å². The Hall–Kier alpha value is -1.66. The van der Waals surface area contributed by atoms with Gasteiger partial charge in [-0.15, -0.1) is 0 Å². The Morgan fingerprint density at radius 3 is 3.11 bits per heavy atom. The molecule has 1 aliphatic heterocycles. The topological polar surface area (TPSA) is 67.6 Å². The maximum absolute atomic E-state index is 13.0. The summed E-state index contributed by atoms with van der Waals surface area (Å²) < 4.78 is 18.3. The first-order valence-electron chi connectivity index (χ1n) is 6.23. The highest BCUT2D eigenvalue weighted by Gasteiger charge is 2.21. The van der Waals surface area contributed by atoms with Gasteiger partial charge in [0.05, 0.1) is 25.4 Å². The highest BCUT2D eigenvalue weighted by Crippen LogP contribution is 2.16. The third-order valence-corrected chi connectivity index (χ3v) is 3.13. The minimum Gasteiger partial charge on any atom is -0.396 e. The van der Waals surface area contributed by atoms with Gasteiger partial charge >= 0.3 is 0 Å². The Morgan fingerprint density at radius 2 is 2.42 bits per heavy atom. The molecular weight excluding hydrogens is 249 g/mol. The zero-order chi connectivity index (χ0) is 13.8. The molecule has 104 valence electrons. The van der Waals surface area contributed by atoms with Crippen LogP contribution in [0.3, 0.4) is 0 Å². The van der Waals surface area contributed by atoms with E-state index in [1.807, 2.05) is 11.8 Å². The van der Waals surface area contributed by atoms with Crippen molar-refractivity contribution in [3.8, 4) is 0 Å². The lowest BCUT2D eigenvalue weighted by molar-refractivity contribution is -0.119. The fourth-order valence-corrected chi connectivity index (χ4v) is 2.00. The van der Waals surface area contributed by atoms with Gasteiger partial charge in [0.2, 0.25) is 5.91 Å². The van der Waals surface area contributed by atoms with E-state index in [4.69, 9.17) is 10.5 Å². The zero-order valence-corrected chi connectivity index (χ0v) is 10.9. The summed E-state index contributed by atoms with van der Waals surface area (Å²) >= 11 is 0. The summed E-state index contributed by atoms with van der Waals surface area (Å²) in [5.41, 5.74) is 5.98. The molecule has 0 aliphatic carbocycles. The maximum Gasteiger partial charge on any atom is 0.238 e. The molecule has 0 bridgehead atoms. The number of nitrogens with zero attached hydrogens (tertiary/aromatic N) is 1. The molecule has 1 aromatic rings. The van der Waals surface area contributed by atoms with Crippen LogP contribution in [0.25, 0.3) is 0 Å². The third kappa shape index (κ3) is 3.65. The molecule has 2 rings (SSSR count). The molecule has 5 nitrogen and oxygen atoms in total. The number of amides is 1. The van der Waals surface area contributed by atoms with Crippen molar-refractivity contribution in [3.63, 3.8) is 0 Å². The monoisotopic (exact) mass is 267 g/mol. The second-order valence-corrected chi connectivity index (χ2v) is 4.68. The number of halogens is 1. The normalized spacial score (nSPS) is 20.2. The number of hydrogen-bond acceptors (Lipinski definition) is 4. The third-order valence-electron chi connectivity index (χ3n) is 3.13. The fourth-order valence-electron chi connectivity index (χ4n) is 2.00. The predicted octanol–water partition coefficient (Wildman–Crippen LogP) is 1.07. The molecule has 0 radical (unpaired) electrons. The molecular formula is C13H18FN3O2. The first-order chi connectivity index (χ1) is 9.06. The molecule has 1 amide bonds. The summed E-state index contributed by atoms with van der Waals surface area (Å²) in [6, 6.07) is 4.36. The van der Waals surface area contributed by atoms with Crippen molar-refractivity contribution < 1.29 is 13.9 Å². The van der Waals surface area contributed by atoms with Crippen LogP contribution in [0.4, 0.5) is 15.8 Å². The van der Waals surface area contributed by atoms with Crippen LogP contribution >= 0.6 is 0 Å². The van der Waals surface area contributed by atoms with Gasteiger partial charge in [0.15, 0.2) is 0 Å².